The number of nitrogens with one attached hydrogen (secondary N) is 1. The molecular weight excluding hydrogens is 246 g/mol. The number of hydrogen-bond donors (Lipinski definition) is 2. The first-order valence-electron chi connectivity index (χ1n) is 7.25. The molecule has 0 aromatic rings. The summed E-state index contributed by atoms with van der Waals surface area (Å²) < 4.78 is 5.08. The first-order chi connectivity index (χ1) is 9.16. The van der Waals surface area contributed by atoms with Gasteiger partial charge in [-0.05, 0) is 6.42 Å². The molecule has 0 aliphatic carbocycles. The van der Waals surface area contributed by atoms with Crippen LogP contribution < -0.4 is 5.32 Å². The zero-order valence-electron chi connectivity index (χ0n) is 12.0. The lowest BCUT2D eigenvalue weighted by Crippen LogP contribution is -2.22. The molecule has 0 saturated carbocycles. The molecule has 0 fully saturated rings. The van der Waals surface area contributed by atoms with Gasteiger partial charge in [0.25, 0.3) is 0 Å². The van der Waals surface area contributed by atoms with Gasteiger partial charge in [-0.1, -0.05) is 39.0 Å². The monoisotopic (exact) mass is 273 g/mol. The van der Waals surface area contributed by atoms with Crippen LogP contribution in [0, 0.1) is 0 Å². The number of carbonyl (C=O) groups is 2. The molecule has 0 aromatic heterocycles. The number of carbonyl (C=O) groups excluding carboxylic acids is 1. The van der Waals surface area contributed by atoms with E-state index in [1.54, 1.807) is 0 Å². The van der Waals surface area contributed by atoms with Gasteiger partial charge in [0.1, 0.15) is 0 Å². The zero-order valence-corrected chi connectivity index (χ0v) is 12.0. The predicted octanol–water partition coefficient (Wildman–Crippen LogP) is 2.34. The molecule has 0 amide bonds. The first kappa shape index (κ1) is 17.9. The van der Waals surface area contributed by atoms with E-state index in [1.165, 1.54) is 25.7 Å². The summed E-state index contributed by atoms with van der Waals surface area (Å²) in [5.74, 6) is -1.05. The van der Waals surface area contributed by atoms with Crippen LogP contribution in [0.25, 0.3) is 0 Å². The molecule has 0 bridgehead atoms. The van der Waals surface area contributed by atoms with Gasteiger partial charge in [-0.2, -0.15) is 0 Å². The van der Waals surface area contributed by atoms with Gasteiger partial charge in [0.2, 0.25) is 0 Å². The number of ether oxygens (including phenoxy) is 1. The fourth-order valence-electron chi connectivity index (χ4n) is 1.65. The minimum Gasteiger partial charge on any atom is -0.481 e. The Morgan fingerprint density at radius 3 is 2.32 bits per heavy atom. The van der Waals surface area contributed by atoms with E-state index < -0.39 is 5.97 Å². The largest absolute Gasteiger partial charge is 0.481 e. The average Bonchev–Trinajstić information content (AvgIpc) is 2.37. The lowest BCUT2D eigenvalue weighted by atomic mass is 10.1. The maximum atomic E-state index is 11.3. The average molecular weight is 273 g/mol. The number of hydrogen-bond acceptors (Lipinski definition) is 4. The SMILES string of the molecule is CCCCCCCCOC(=O)CCNCCC(=O)O. The third kappa shape index (κ3) is 14.8. The van der Waals surface area contributed by atoms with Crippen molar-refractivity contribution in [2.45, 2.75) is 58.3 Å². The topological polar surface area (TPSA) is 75.6 Å². The first-order valence-corrected chi connectivity index (χ1v) is 7.25. The van der Waals surface area contributed by atoms with E-state index in [2.05, 4.69) is 12.2 Å². The van der Waals surface area contributed by atoms with Crippen LogP contribution in [0.5, 0.6) is 0 Å². The maximum Gasteiger partial charge on any atom is 0.307 e. The van der Waals surface area contributed by atoms with Crippen LogP contribution >= 0.6 is 0 Å². The van der Waals surface area contributed by atoms with E-state index in [-0.39, 0.29) is 12.4 Å². The smallest absolute Gasteiger partial charge is 0.307 e. The molecule has 2 N–H and O–H groups in total. The van der Waals surface area contributed by atoms with Crippen molar-refractivity contribution < 1.29 is 19.4 Å². The summed E-state index contributed by atoms with van der Waals surface area (Å²) in [7, 11) is 0. The van der Waals surface area contributed by atoms with Gasteiger partial charge in [-0.25, -0.2) is 0 Å². The summed E-state index contributed by atoms with van der Waals surface area (Å²) in [6.45, 7) is 3.55. The highest BCUT2D eigenvalue weighted by molar-refractivity contribution is 5.69. The summed E-state index contributed by atoms with van der Waals surface area (Å²) in [5, 5.41) is 11.3. The van der Waals surface area contributed by atoms with E-state index in [0.29, 0.717) is 26.1 Å². The molecule has 0 aromatic carbocycles. The molecule has 0 radical (unpaired) electrons. The predicted molar refractivity (Wildman–Crippen MR) is 74.1 cm³/mol. The van der Waals surface area contributed by atoms with Crippen LogP contribution in [0.1, 0.15) is 58.3 Å². The Morgan fingerprint density at radius 2 is 1.63 bits per heavy atom. The van der Waals surface area contributed by atoms with Crippen molar-refractivity contribution in [2.75, 3.05) is 19.7 Å². The highest BCUT2D eigenvalue weighted by Crippen LogP contribution is 2.05. The third-order valence-electron chi connectivity index (χ3n) is 2.78. The Morgan fingerprint density at radius 1 is 1.00 bits per heavy atom. The number of carboxylic acid groups (broad SMARTS) is 1. The maximum absolute atomic E-state index is 11.3. The second-order valence-electron chi connectivity index (χ2n) is 4.63. The molecule has 0 saturated heterocycles. The molecule has 0 heterocycles. The summed E-state index contributed by atoms with van der Waals surface area (Å²) in [4.78, 5) is 21.5. The van der Waals surface area contributed by atoms with Gasteiger partial charge in [0, 0.05) is 13.1 Å². The van der Waals surface area contributed by atoms with Crippen molar-refractivity contribution in [2.24, 2.45) is 0 Å². The zero-order chi connectivity index (χ0) is 14.3. The van der Waals surface area contributed by atoms with Crippen molar-refractivity contribution in [3.8, 4) is 0 Å². The fraction of sp³-hybridized carbons (Fsp3) is 0.857. The van der Waals surface area contributed by atoms with Crippen LogP contribution in [0.3, 0.4) is 0 Å². The van der Waals surface area contributed by atoms with Crippen LogP contribution in [-0.2, 0) is 14.3 Å². The second-order valence-corrected chi connectivity index (χ2v) is 4.63. The Kier molecular flexibility index (Phi) is 12.6. The van der Waals surface area contributed by atoms with Gasteiger partial charge < -0.3 is 15.2 Å². The Labute approximate surface area is 115 Å². The van der Waals surface area contributed by atoms with Crippen LogP contribution in [-0.4, -0.2) is 36.7 Å². The van der Waals surface area contributed by atoms with Crippen LogP contribution in [0.4, 0.5) is 0 Å². The molecule has 112 valence electrons. The Hall–Kier alpha value is -1.10. The van der Waals surface area contributed by atoms with Crippen molar-refractivity contribution in [3.05, 3.63) is 0 Å². The van der Waals surface area contributed by atoms with E-state index in [9.17, 15) is 9.59 Å². The van der Waals surface area contributed by atoms with Gasteiger partial charge in [0.15, 0.2) is 0 Å². The van der Waals surface area contributed by atoms with E-state index in [4.69, 9.17) is 9.84 Å². The van der Waals surface area contributed by atoms with Crippen molar-refractivity contribution >= 4 is 11.9 Å². The number of unbranched alkanes of at least 4 members (excludes halogenated alkanes) is 5. The molecule has 5 heteroatoms. The molecule has 0 rings (SSSR count). The quantitative estimate of drug-likeness (QED) is 0.398. The highest BCUT2D eigenvalue weighted by atomic mass is 16.5. The molecule has 0 spiro atoms. The van der Waals surface area contributed by atoms with Gasteiger partial charge in [0.05, 0.1) is 19.4 Å². The fourth-order valence-corrected chi connectivity index (χ4v) is 1.65. The van der Waals surface area contributed by atoms with Crippen LogP contribution in [0.2, 0.25) is 0 Å². The summed E-state index contributed by atoms with van der Waals surface area (Å²) in [6.07, 6.45) is 7.42. The normalized spacial score (nSPS) is 10.4. The van der Waals surface area contributed by atoms with E-state index in [1.807, 2.05) is 0 Å². The highest BCUT2D eigenvalue weighted by Gasteiger charge is 2.02. The standard InChI is InChI=1S/C14H27NO4/c1-2-3-4-5-6-7-12-19-14(18)9-11-15-10-8-13(16)17/h15H,2-12H2,1H3,(H,16,17). The molecule has 5 nitrogen and oxygen atoms in total. The molecule has 0 atom stereocenters. The van der Waals surface area contributed by atoms with E-state index >= 15 is 0 Å². The Bertz CT molecular complexity index is 244. The van der Waals surface area contributed by atoms with Crippen LogP contribution in [0.15, 0.2) is 0 Å². The van der Waals surface area contributed by atoms with E-state index in [0.717, 1.165) is 12.8 Å². The lowest BCUT2D eigenvalue weighted by molar-refractivity contribution is -0.143. The van der Waals surface area contributed by atoms with Gasteiger partial charge in [-0.3, -0.25) is 9.59 Å². The molecule has 0 unspecified atom stereocenters. The summed E-state index contributed by atoms with van der Waals surface area (Å²) >= 11 is 0. The number of carboxylic acids is 1. The minimum atomic E-state index is -0.835. The lowest BCUT2D eigenvalue weighted by Gasteiger charge is -2.05. The summed E-state index contributed by atoms with van der Waals surface area (Å²) in [6, 6.07) is 0. The molecule has 0 aliphatic rings. The second kappa shape index (κ2) is 13.3. The number of rotatable bonds is 13. The third-order valence-corrected chi connectivity index (χ3v) is 2.78. The number of aliphatic carboxylic acids is 1. The van der Waals surface area contributed by atoms with Crippen molar-refractivity contribution in [1.82, 2.24) is 5.32 Å². The summed E-state index contributed by atoms with van der Waals surface area (Å²) in [5.41, 5.74) is 0. The minimum absolute atomic E-state index is 0.0762. The molecule has 0 aliphatic heterocycles. The Balaban J connectivity index is 3.19. The van der Waals surface area contributed by atoms with Gasteiger partial charge in [-0.15, -0.1) is 0 Å². The van der Waals surface area contributed by atoms with Crippen molar-refractivity contribution in [3.63, 3.8) is 0 Å². The number of esters is 1. The van der Waals surface area contributed by atoms with Crippen molar-refractivity contribution in [1.29, 1.82) is 0 Å². The molecule has 19 heavy (non-hydrogen) atoms. The van der Waals surface area contributed by atoms with Gasteiger partial charge >= 0.3 is 11.9 Å². The molecular formula is C14H27NO4.